The van der Waals surface area contributed by atoms with Crippen molar-refractivity contribution in [2.24, 2.45) is 0 Å². The van der Waals surface area contributed by atoms with Gasteiger partial charge in [-0.05, 0) is 77.0 Å². The summed E-state index contributed by atoms with van der Waals surface area (Å²) in [6, 6.07) is 0. The molecule has 0 amide bonds. The number of ether oxygens (including phenoxy) is 3. The minimum absolute atomic E-state index is 0.0693. The first-order chi connectivity index (χ1) is 35.5. The van der Waals surface area contributed by atoms with Crippen LogP contribution in [0, 0.1) is 0 Å². The lowest BCUT2D eigenvalue weighted by molar-refractivity contribution is -0.167. The van der Waals surface area contributed by atoms with E-state index in [0.29, 0.717) is 19.3 Å². The second kappa shape index (κ2) is 61.2. The van der Waals surface area contributed by atoms with Gasteiger partial charge in [0.15, 0.2) is 6.10 Å². The summed E-state index contributed by atoms with van der Waals surface area (Å²) in [6.07, 6.45) is 74.5. The maximum Gasteiger partial charge on any atom is 0.306 e. The molecule has 0 aromatic heterocycles. The van der Waals surface area contributed by atoms with Crippen molar-refractivity contribution >= 4 is 17.9 Å². The molecule has 6 heteroatoms. The predicted molar refractivity (Wildman–Crippen MR) is 312 cm³/mol. The predicted octanol–water partition coefficient (Wildman–Crippen LogP) is 21.6. The van der Waals surface area contributed by atoms with Crippen molar-refractivity contribution in [2.75, 3.05) is 13.2 Å². The minimum atomic E-state index is -0.770. The van der Waals surface area contributed by atoms with E-state index in [1.165, 1.54) is 244 Å². The molecule has 422 valence electrons. The van der Waals surface area contributed by atoms with Crippen molar-refractivity contribution in [1.29, 1.82) is 0 Å². The normalized spacial score (nSPS) is 12.2. The molecule has 0 aromatic rings. The van der Waals surface area contributed by atoms with E-state index in [4.69, 9.17) is 14.2 Å². The number of esters is 3. The van der Waals surface area contributed by atoms with E-state index in [0.717, 1.165) is 64.2 Å². The van der Waals surface area contributed by atoms with E-state index in [-0.39, 0.29) is 31.1 Å². The maximum absolute atomic E-state index is 12.9. The first-order valence-electron chi connectivity index (χ1n) is 32.0. The number of carbonyl (C=O) groups is 3. The number of hydrogen-bond acceptors (Lipinski definition) is 6. The molecule has 0 heterocycles. The Bertz CT molecular complexity index is 1210. The fraction of sp³-hybridized carbons (Fsp3) is 0.864. The van der Waals surface area contributed by atoms with Crippen LogP contribution in [0.5, 0.6) is 0 Å². The van der Waals surface area contributed by atoms with E-state index in [1.807, 2.05) is 0 Å². The molecule has 0 radical (unpaired) electrons. The Morgan fingerprint density at radius 1 is 0.278 bits per heavy atom. The summed E-state index contributed by atoms with van der Waals surface area (Å²) in [5, 5.41) is 0. The summed E-state index contributed by atoms with van der Waals surface area (Å²) in [6.45, 7) is 6.65. The first-order valence-corrected chi connectivity index (χ1v) is 32.0. The summed E-state index contributed by atoms with van der Waals surface area (Å²) in [5.41, 5.74) is 0. The number of unbranched alkanes of at least 4 members (excludes halogenated alkanes) is 42. The molecule has 6 nitrogen and oxygen atoms in total. The smallest absolute Gasteiger partial charge is 0.306 e. The highest BCUT2D eigenvalue weighted by atomic mass is 16.6. The lowest BCUT2D eigenvalue weighted by atomic mass is 10.0. The van der Waals surface area contributed by atoms with E-state index < -0.39 is 6.10 Å². The summed E-state index contributed by atoms with van der Waals surface area (Å²) in [7, 11) is 0. The van der Waals surface area contributed by atoms with Gasteiger partial charge in [0.25, 0.3) is 0 Å². The van der Waals surface area contributed by atoms with E-state index >= 15 is 0 Å². The van der Waals surface area contributed by atoms with Gasteiger partial charge < -0.3 is 14.2 Å². The largest absolute Gasteiger partial charge is 0.462 e. The Morgan fingerprint density at radius 2 is 0.500 bits per heavy atom. The summed E-state index contributed by atoms with van der Waals surface area (Å²) < 4.78 is 16.9. The molecule has 0 aliphatic carbocycles. The van der Waals surface area contributed by atoms with Gasteiger partial charge in [-0.15, -0.1) is 0 Å². The van der Waals surface area contributed by atoms with Crippen LogP contribution in [-0.4, -0.2) is 37.2 Å². The Balaban J connectivity index is 4.15. The fourth-order valence-electron chi connectivity index (χ4n) is 9.53. The highest BCUT2D eigenvalue weighted by Gasteiger charge is 2.19. The summed E-state index contributed by atoms with van der Waals surface area (Å²) in [4.78, 5) is 38.1. The van der Waals surface area contributed by atoms with E-state index in [1.54, 1.807) is 0 Å². The zero-order valence-electron chi connectivity index (χ0n) is 48.5. The highest BCUT2D eigenvalue weighted by Crippen LogP contribution is 2.17. The molecule has 0 saturated heterocycles. The van der Waals surface area contributed by atoms with Gasteiger partial charge in [0.05, 0.1) is 0 Å². The molecule has 0 aromatic carbocycles. The molecular formula is C66H122O6. The topological polar surface area (TPSA) is 78.9 Å². The van der Waals surface area contributed by atoms with Gasteiger partial charge in [-0.1, -0.05) is 288 Å². The van der Waals surface area contributed by atoms with Crippen molar-refractivity contribution in [3.63, 3.8) is 0 Å². The van der Waals surface area contributed by atoms with Crippen LogP contribution in [0.3, 0.4) is 0 Å². The molecule has 0 rings (SSSR count). The van der Waals surface area contributed by atoms with Crippen molar-refractivity contribution in [3.05, 3.63) is 36.5 Å². The van der Waals surface area contributed by atoms with Crippen LogP contribution in [-0.2, 0) is 28.6 Å². The van der Waals surface area contributed by atoms with Crippen molar-refractivity contribution in [2.45, 2.75) is 354 Å². The molecule has 0 saturated carbocycles. The molecule has 0 aliphatic rings. The second-order valence-electron chi connectivity index (χ2n) is 21.7. The lowest BCUT2D eigenvalue weighted by Gasteiger charge is -2.18. The zero-order valence-corrected chi connectivity index (χ0v) is 48.5. The SMILES string of the molecule is CCCCCCC/C=C\C/C=C\CCCCCCCCCCCCCC(=O)OCC(COC(=O)CCCCCCCCCC)OC(=O)CCCCCCCCCCCCC/C=C\CCCCCCCCCC. The van der Waals surface area contributed by atoms with Crippen molar-refractivity contribution in [1.82, 2.24) is 0 Å². The Labute approximate surface area is 448 Å². The minimum Gasteiger partial charge on any atom is -0.462 e. The number of hydrogen-bond donors (Lipinski definition) is 0. The molecule has 0 fully saturated rings. The summed E-state index contributed by atoms with van der Waals surface area (Å²) >= 11 is 0. The molecular weight excluding hydrogens is 889 g/mol. The quantitative estimate of drug-likeness (QED) is 0.0261. The third kappa shape index (κ3) is 58.5. The van der Waals surface area contributed by atoms with Crippen LogP contribution < -0.4 is 0 Å². The van der Waals surface area contributed by atoms with E-state index in [2.05, 4.69) is 57.2 Å². The highest BCUT2D eigenvalue weighted by molar-refractivity contribution is 5.71. The van der Waals surface area contributed by atoms with Gasteiger partial charge in [0, 0.05) is 19.3 Å². The third-order valence-corrected chi connectivity index (χ3v) is 14.4. The third-order valence-electron chi connectivity index (χ3n) is 14.4. The van der Waals surface area contributed by atoms with Crippen LogP contribution in [0.1, 0.15) is 348 Å². The fourth-order valence-corrected chi connectivity index (χ4v) is 9.53. The summed E-state index contributed by atoms with van der Waals surface area (Å²) in [5.74, 6) is -0.856. The van der Waals surface area contributed by atoms with Crippen LogP contribution >= 0.6 is 0 Å². The number of allylic oxidation sites excluding steroid dienone is 6. The zero-order chi connectivity index (χ0) is 52.2. The van der Waals surface area contributed by atoms with Crippen molar-refractivity contribution in [3.8, 4) is 0 Å². The first kappa shape index (κ1) is 69.6. The Kier molecular flexibility index (Phi) is 59.2. The van der Waals surface area contributed by atoms with Crippen LogP contribution in [0.25, 0.3) is 0 Å². The van der Waals surface area contributed by atoms with Crippen LogP contribution in [0.4, 0.5) is 0 Å². The van der Waals surface area contributed by atoms with Gasteiger partial charge in [-0.3, -0.25) is 14.4 Å². The van der Waals surface area contributed by atoms with Gasteiger partial charge in [-0.2, -0.15) is 0 Å². The van der Waals surface area contributed by atoms with Crippen LogP contribution in [0.15, 0.2) is 36.5 Å². The molecule has 1 unspecified atom stereocenters. The average molecular weight is 1010 g/mol. The number of carbonyl (C=O) groups excluding carboxylic acids is 3. The van der Waals surface area contributed by atoms with Gasteiger partial charge in [0.2, 0.25) is 0 Å². The molecule has 0 bridgehead atoms. The average Bonchev–Trinajstić information content (AvgIpc) is 3.38. The maximum atomic E-state index is 12.9. The molecule has 72 heavy (non-hydrogen) atoms. The molecule has 0 aliphatic heterocycles. The van der Waals surface area contributed by atoms with Gasteiger partial charge in [0.1, 0.15) is 13.2 Å². The van der Waals surface area contributed by atoms with Gasteiger partial charge >= 0.3 is 17.9 Å². The Morgan fingerprint density at radius 3 is 0.778 bits per heavy atom. The molecule has 0 N–H and O–H groups in total. The van der Waals surface area contributed by atoms with Gasteiger partial charge in [-0.25, -0.2) is 0 Å². The standard InChI is InChI=1S/C66H122O6/c1-4-7-10-13-16-19-21-23-25-27-29-31-33-35-37-39-41-43-45-47-50-53-56-59-65(68)71-62-63(61-70-64(67)58-55-52-49-18-15-12-9-6-3)72-66(69)60-57-54-51-48-46-44-42-40-38-36-34-32-30-28-26-24-22-20-17-14-11-8-5-2/h21,23,27-30,63H,4-20,22,24-26,31-62H2,1-3H3/b23-21-,29-27-,30-28-. The lowest BCUT2D eigenvalue weighted by Crippen LogP contribution is -2.30. The Hall–Kier alpha value is -2.37. The molecule has 1 atom stereocenters. The van der Waals surface area contributed by atoms with Crippen molar-refractivity contribution < 1.29 is 28.6 Å². The molecule has 0 spiro atoms. The second-order valence-corrected chi connectivity index (χ2v) is 21.7. The van der Waals surface area contributed by atoms with E-state index in [9.17, 15) is 14.4 Å². The van der Waals surface area contributed by atoms with Crippen LogP contribution in [0.2, 0.25) is 0 Å². The number of rotatable bonds is 59. The monoisotopic (exact) mass is 1010 g/mol.